The van der Waals surface area contributed by atoms with E-state index in [4.69, 9.17) is 9.47 Å². The Hall–Kier alpha value is -1.42. The predicted octanol–water partition coefficient (Wildman–Crippen LogP) is 2.50. The van der Waals surface area contributed by atoms with Crippen LogP contribution in [-0.2, 0) is 0 Å². The number of nitrogens with zero attached hydrogens (tertiary/aromatic N) is 1. The Balaban J connectivity index is 1.48. The lowest BCUT2D eigenvalue weighted by molar-refractivity contribution is 0.171. The number of benzene rings is 1. The second-order valence-electron chi connectivity index (χ2n) is 6.00. The SMILES string of the molecule is c1cc2c(cc1NC1CCN3CCCCC13)OCCO2. The van der Waals surface area contributed by atoms with Crippen LogP contribution in [0.25, 0.3) is 0 Å². The van der Waals surface area contributed by atoms with E-state index < -0.39 is 0 Å². The summed E-state index contributed by atoms with van der Waals surface area (Å²) in [7, 11) is 0. The molecule has 0 bridgehead atoms. The van der Waals surface area contributed by atoms with E-state index in [1.807, 2.05) is 6.07 Å². The zero-order chi connectivity index (χ0) is 13.4. The van der Waals surface area contributed by atoms with Gasteiger partial charge in [0, 0.05) is 30.4 Å². The Morgan fingerprint density at radius 3 is 2.85 bits per heavy atom. The Kier molecular flexibility index (Phi) is 3.19. The number of rotatable bonds is 2. The van der Waals surface area contributed by atoms with E-state index >= 15 is 0 Å². The van der Waals surface area contributed by atoms with Crippen LogP contribution in [0.5, 0.6) is 11.5 Å². The molecule has 2 atom stereocenters. The molecule has 0 saturated carbocycles. The van der Waals surface area contributed by atoms with Crippen molar-refractivity contribution in [1.29, 1.82) is 0 Å². The van der Waals surface area contributed by atoms with Crippen molar-refractivity contribution < 1.29 is 9.47 Å². The summed E-state index contributed by atoms with van der Waals surface area (Å²) in [6.45, 7) is 3.83. The minimum atomic E-state index is 0.581. The van der Waals surface area contributed by atoms with Gasteiger partial charge in [-0.1, -0.05) is 6.42 Å². The highest BCUT2D eigenvalue weighted by atomic mass is 16.6. The number of nitrogens with one attached hydrogen (secondary N) is 1. The molecule has 1 N–H and O–H groups in total. The Labute approximate surface area is 120 Å². The third kappa shape index (κ3) is 2.22. The molecule has 2 fully saturated rings. The van der Waals surface area contributed by atoms with E-state index in [1.54, 1.807) is 0 Å². The van der Waals surface area contributed by atoms with Crippen molar-refractivity contribution in [3.8, 4) is 11.5 Å². The highest BCUT2D eigenvalue weighted by Gasteiger charge is 2.35. The number of fused-ring (bicyclic) bond motifs is 2. The van der Waals surface area contributed by atoms with Crippen LogP contribution in [0.3, 0.4) is 0 Å². The van der Waals surface area contributed by atoms with Crippen LogP contribution in [0.15, 0.2) is 18.2 Å². The molecule has 2 saturated heterocycles. The summed E-state index contributed by atoms with van der Waals surface area (Å²) in [4.78, 5) is 2.65. The number of anilines is 1. The van der Waals surface area contributed by atoms with Crippen LogP contribution < -0.4 is 14.8 Å². The van der Waals surface area contributed by atoms with Crippen molar-refractivity contribution in [2.75, 3.05) is 31.6 Å². The highest BCUT2D eigenvalue weighted by Crippen LogP contribution is 2.34. The molecule has 0 aromatic heterocycles. The molecule has 0 spiro atoms. The van der Waals surface area contributed by atoms with Gasteiger partial charge in [0.15, 0.2) is 11.5 Å². The number of piperidine rings is 1. The van der Waals surface area contributed by atoms with E-state index in [0.717, 1.165) is 23.2 Å². The Morgan fingerprint density at radius 1 is 1.00 bits per heavy atom. The first kappa shape index (κ1) is 12.3. The van der Waals surface area contributed by atoms with Gasteiger partial charge in [-0.3, -0.25) is 4.90 Å². The molecule has 0 amide bonds. The molecule has 20 heavy (non-hydrogen) atoms. The van der Waals surface area contributed by atoms with Crippen LogP contribution >= 0.6 is 0 Å². The lowest BCUT2D eigenvalue weighted by Crippen LogP contribution is -2.41. The maximum absolute atomic E-state index is 5.66. The van der Waals surface area contributed by atoms with E-state index in [-0.39, 0.29) is 0 Å². The van der Waals surface area contributed by atoms with E-state index in [9.17, 15) is 0 Å². The fraction of sp³-hybridized carbons (Fsp3) is 0.625. The summed E-state index contributed by atoms with van der Waals surface area (Å²) in [6, 6.07) is 7.51. The first-order valence-corrected chi connectivity index (χ1v) is 7.80. The molecule has 3 heterocycles. The Bertz CT molecular complexity index is 491. The van der Waals surface area contributed by atoms with Gasteiger partial charge in [-0.15, -0.1) is 0 Å². The summed E-state index contributed by atoms with van der Waals surface area (Å²) in [5.41, 5.74) is 1.16. The first-order valence-electron chi connectivity index (χ1n) is 7.80. The average Bonchev–Trinajstić information content (AvgIpc) is 2.91. The largest absolute Gasteiger partial charge is 0.486 e. The molecule has 4 nitrogen and oxygen atoms in total. The monoisotopic (exact) mass is 274 g/mol. The molecule has 108 valence electrons. The molecule has 3 aliphatic heterocycles. The molecular formula is C16H22N2O2. The summed E-state index contributed by atoms with van der Waals surface area (Å²) in [5.74, 6) is 1.74. The summed E-state index contributed by atoms with van der Waals surface area (Å²) >= 11 is 0. The zero-order valence-corrected chi connectivity index (χ0v) is 11.8. The van der Waals surface area contributed by atoms with Crippen LogP contribution in [0.2, 0.25) is 0 Å². The van der Waals surface area contributed by atoms with Crippen molar-refractivity contribution in [2.45, 2.75) is 37.8 Å². The van der Waals surface area contributed by atoms with Gasteiger partial charge in [0.25, 0.3) is 0 Å². The van der Waals surface area contributed by atoms with Crippen molar-refractivity contribution in [3.63, 3.8) is 0 Å². The average molecular weight is 274 g/mol. The lowest BCUT2D eigenvalue weighted by Gasteiger charge is -2.33. The van der Waals surface area contributed by atoms with Crippen LogP contribution in [0, 0.1) is 0 Å². The van der Waals surface area contributed by atoms with Crippen LogP contribution in [0.1, 0.15) is 25.7 Å². The van der Waals surface area contributed by atoms with E-state index in [2.05, 4.69) is 22.3 Å². The molecule has 0 radical (unpaired) electrons. The minimum Gasteiger partial charge on any atom is -0.486 e. The zero-order valence-electron chi connectivity index (χ0n) is 11.8. The third-order valence-electron chi connectivity index (χ3n) is 4.75. The number of hydrogen-bond acceptors (Lipinski definition) is 4. The van der Waals surface area contributed by atoms with Crippen molar-refractivity contribution >= 4 is 5.69 Å². The third-order valence-corrected chi connectivity index (χ3v) is 4.75. The van der Waals surface area contributed by atoms with Gasteiger partial charge in [-0.25, -0.2) is 0 Å². The molecule has 3 aliphatic rings. The maximum Gasteiger partial charge on any atom is 0.163 e. The lowest BCUT2D eigenvalue weighted by atomic mass is 9.99. The second-order valence-corrected chi connectivity index (χ2v) is 6.00. The quantitative estimate of drug-likeness (QED) is 0.898. The molecule has 1 aromatic carbocycles. The van der Waals surface area contributed by atoms with Crippen LogP contribution in [-0.4, -0.2) is 43.3 Å². The van der Waals surface area contributed by atoms with E-state index in [1.165, 1.54) is 38.8 Å². The van der Waals surface area contributed by atoms with Gasteiger partial charge in [-0.05, 0) is 37.9 Å². The van der Waals surface area contributed by atoms with Gasteiger partial charge < -0.3 is 14.8 Å². The first-order chi connectivity index (χ1) is 9.90. The molecule has 0 aliphatic carbocycles. The minimum absolute atomic E-state index is 0.581. The Morgan fingerprint density at radius 2 is 1.90 bits per heavy atom. The van der Waals surface area contributed by atoms with E-state index in [0.29, 0.717) is 19.3 Å². The van der Waals surface area contributed by atoms with Crippen molar-refractivity contribution in [2.24, 2.45) is 0 Å². The summed E-state index contributed by atoms with van der Waals surface area (Å²) in [5, 5.41) is 3.71. The molecule has 2 unspecified atom stereocenters. The topological polar surface area (TPSA) is 33.7 Å². The van der Waals surface area contributed by atoms with Crippen molar-refractivity contribution in [3.05, 3.63) is 18.2 Å². The second kappa shape index (κ2) is 5.17. The summed E-state index contributed by atoms with van der Waals surface area (Å²) in [6.07, 6.45) is 5.33. The van der Waals surface area contributed by atoms with Gasteiger partial charge in [0.05, 0.1) is 0 Å². The standard InChI is InChI=1S/C16H22N2O2/c1-2-7-18-8-6-13(14(18)3-1)17-12-4-5-15-16(11-12)20-10-9-19-15/h4-5,11,13-14,17H,1-3,6-10H2. The van der Waals surface area contributed by atoms with Crippen LogP contribution in [0.4, 0.5) is 5.69 Å². The molecule has 4 rings (SSSR count). The normalized spacial score (nSPS) is 29.0. The molecule has 1 aromatic rings. The van der Waals surface area contributed by atoms with Gasteiger partial charge in [0.1, 0.15) is 13.2 Å². The number of ether oxygens (including phenoxy) is 2. The molecular weight excluding hydrogens is 252 g/mol. The fourth-order valence-corrected chi connectivity index (χ4v) is 3.76. The molecule has 4 heteroatoms. The van der Waals surface area contributed by atoms with Crippen molar-refractivity contribution in [1.82, 2.24) is 4.90 Å². The smallest absolute Gasteiger partial charge is 0.163 e. The van der Waals surface area contributed by atoms with Gasteiger partial charge >= 0.3 is 0 Å². The fourth-order valence-electron chi connectivity index (χ4n) is 3.76. The number of hydrogen-bond donors (Lipinski definition) is 1. The van der Waals surface area contributed by atoms with Gasteiger partial charge in [-0.2, -0.15) is 0 Å². The maximum atomic E-state index is 5.66. The highest BCUT2D eigenvalue weighted by molar-refractivity contribution is 5.55. The summed E-state index contributed by atoms with van der Waals surface area (Å²) < 4.78 is 11.2. The van der Waals surface area contributed by atoms with Gasteiger partial charge in [0.2, 0.25) is 0 Å². The predicted molar refractivity (Wildman–Crippen MR) is 78.7 cm³/mol.